The van der Waals surface area contributed by atoms with Crippen LogP contribution in [0.15, 0.2) is 0 Å². The molecular weight excluding hydrogens is 172 g/mol. The van der Waals surface area contributed by atoms with E-state index in [2.05, 4.69) is 15.2 Å². The van der Waals surface area contributed by atoms with Gasteiger partial charge in [0.15, 0.2) is 0 Å². The number of anilines is 1. The second kappa shape index (κ2) is 3.42. The van der Waals surface area contributed by atoms with Crippen molar-refractivity contribution < 1.29 is 9.90 Å². The third kappa shape index (κ3) is 1.95. The number of carboxylic acids is 1. The van der Waals surface area contributed by atoms with Crippen LogP contribution < -0.4 is 5.73 Å². The highest BCUT2D eigenvalue weighted by Crippen LogP contribution is 2.21. The molecular formula is C7H12N4O2. The van der Waals surface area contributed by atoms with Crippen molar-refractivity contribution in [2.24, 2.45) is 5.92 Å². The predicted molar refractivity (Wildman–Crippen MR) is 46.0 cm³/mol. The highest BCUT2D eigenvalue weighted by atomic mass is 16.4. The lowest BCUT2D eigenvalue weighted by molar-refractivity contribution is -0.140. The van der Waals surface area contributed by atoms with Crippen LogP contribution in [0.1, 0.15) is 25.6 Å². The first-order valence-corrected chi connectivity index (χ1v) is 3.93. The lowest BCUT2D eigenvalue weighted by Gasteiger charge is -2.11. The number of H-pyrrole nitrogens is 1. The summed E-state index contributed by atoms with van der Waals surface area (Å²) in [6.45, 7) is 3.61. The number of nitrogens with zero attached hydrogens (tertiary/aromatic N) is 2. The van der Waals surface area contributed by atoms with Gasteiger partial charge < -0.3 is 10.8 Å². The summed E-state index contributed by atoms with van der Waals surface area (Å²) in [5.74, 6) is -1.28. The Bertz CT molecular complexity index is 307. The molecule has 6 heteroatoms. The van der Waals surface area contributed by atoms with Crippen LogP contribution >= 0.6 is 0 Å². The summed E-state index contributed by atoms with van der Waals surface area (Å²) in [7, 11) is 0. The first kappa shape index (κ1) is 9.50. The molecule has 1 atom stereocenters. The van der Waals surface area contributed by atoms with Gasteiger partial charge in [-0.15, -0.1) is 5.10 Å². The van der Waals surface area contributed by atoms with Crippen molar-refractivity contribution in [1.82, 2.24) is 15.2 Å². The zero-order chi connectivity index (χ0) is 10.0. The topological polar surface area (TPSA) is 105 Å². The number of aromatic amines is 1. The standard InChI is InChI=1S/C7H12N4O2/c1-3(2)4(6(12)13)5-9-7(8)11-10-5/h3-4H,1-2H3,(H,12,13)(H3,8,9,10,11). The van der Waals surface area contributed by atoms with Gasteiger partial charge in [-0.1, -0.05) is 13.8 Å². The Morgan fingerprint density at radius 2 is 2.23 bits per heavy atom. The van der Waals surface area contributed by atoms with E-state index in [9.17, 15) is 4.79 Å². The molecule has 0 aromatic carbocycles. The van der Waals surface area contributed by atoms with E-state index in [1.54, 1.807) is 13.8 Å². The van der Waals surface area contributed by atoms with Gasteiger partial charge in [0.2, 0.25) is 5.95 Å². The summed E-state index contributed by atoms with van der Waals surface area (Å²) in [4.78, 5) is 14.6. The lowest BCUT2D eigenvalue weighted by atomic mass is 9.95. The van der Waals surface area contributed by atoms with E-state index in [4.69, 9.17) is 10.8 Å². The quantitative estimate of drug-likeness (QED) is 0.622. The van der Waals surface area contributed by atoms with E-state index in [0.29, 0.717) is 5.82 Å². The van der Waals surface area contributed by atoms with Crippen LogP contribution in [-0.2, 0) is 4.79 Å². The van der Waals surface area contributed by atoms with E-state index < -0.39 is 11.9 Å². The Labute approximate surface area is 75.2 Å². The average molecular weight is 184 g/mol. The van der Waals surface area contributed by atoms with E-state index in [1.165, 1.54) is 0 Å². The normalized spacial score (nSPS) is 13.2. The average Bonchev–Trinajstić information content (AvgIpc) is 2.34. The molecule has 0 radical (unpaired) electrons. The maximum atomic E-state index is 10.8. The summed E-state index contributed by atoms with van der Waals surface area (Å²) in [6.07, 6.45) is 0. The van der Waals surface area contributed by atoms with Crippen LogP contribution in [-0.4, -0.2) is 26.3 Å². The molecule has 0 saturated carbocycles. The van der Waals surface area contributed by atoms with Gasteiger partial charge in [0.1, 0.15) is 11.7 Å². The van der Waals surface area contributed by atoms with Gasteiger partial charge in [-0.3, -0.25) is 9.89 Å². The molecule has 0 saturated heterocycles. The number of hydrogen-bond donors (Lipinski definition) is 3. The summed E-state index contributed by atoms with van der Waals surface area (Å²) >= 11 is 0. The SMILES string of the molecule is CC(C)C(C(=O)O)c1nc(N)n[nH]1. The lowest BCUT2D eigenvalue weighted by Crippen LogP contribution is -2.18. The summed E-state index contributed by atoms with van der Waals surface area (Å²) in [5, 5.41) is 15.0. The van der Waals surface area contributed by atoms with Gasteiger partial charge in [-0.05, 0) is 5.92 Å². The largest absolute Gasteiger partial charge is 0.481 e. The van der Waals surface area contributed by atoms with Gasteiger partial charge >= 0.3 is 5.97 Å². The van der Waals surface area contributed by atoms with Crippen molar-refractivity contribution in [2.45, 2.75) is 19.8 Å². The molecule has 1 aromatic heterocycles. The predicted octanol–water partition coefficient (Wildman–Crippen LogP) is 0.211. The van der Waals surface area contributed by atoms with Crippen molar-refractivity contribution in [1.29, 1.82) is 0 Å². The Morgan fingerprint density at radius 3 is 2.54 bits per heavy atom. The number of carbonyl (C=O) groups is 1. The van der Waals surface area contributed by atoms with E-state index in [-0.39, 0.29) is 11.9 Å². The van der Waals surface area contributed by atoms with Gasteiger partial charge in [0, 0.05) is 0 Å². The highest BCUT2D eigenvalue weighted by molar-refractivity contribution is 5.75. The molecule has 13 heavy (non-hydrogen) atoms. The van der Waals surface area contributed by atoms with Crippen molar-refractivity contribution in [3.8, 4) is 0 Å². The number of nitrogen functional groups attached to an aromatic ring is 1. The van der Waals surface area contributed by atoms with Crippen molar-refractivity contribution in [2.75, 3.05) is 5.73 Å². The zero-order valence-corrected chi connectivity index (χ0v) is 7.48. The van der Waals surface area contributed by atoms with Gasteiger partial charge in [-0.25, -0.2) is 0 Å². The smallest absolute Gasteiger partial charge is 0.314 e. The summed E-state index contributed by atoms with van der Waals surface area (Å²) in [6, 6.07) is 0. The fourth-order valence-corrected chi connectivity index (χ4v) is 1.14. The minimum Gasteiger partial charge on any atom is -0.481 e. The first-order valence-electron chi connectivity index (χ1n) is 3.93. The summed E-state index contributed by atoms with van der Waals surface area (Å²) in [5.41, 5.74) is 5.27. The number of nitrogens with one attached hydrogen (secondary N) is 1. The Balaban J connectivity index is 2.95. The van der Waals surface area contributed by atoms with Crippen molar-refractivity contribution >= 4 is 11.9 Å². The van der Waals surface area contributed by atoms with E-state index in [1.807, 2.05) is 0 Å². The fourth-order valence-electron chi connectivity index (χ4n) is 1.14. The molecule has 1 rings (SSSR count). The molecule has 0 aliphatic carbocycles. The van der Waals surface area contributed by atoms with Crippen LogP contribution in [0.4, 0.5) is 5.95 Å². The molecule has 0 fully saturated rings. The number of aliphatic carboxylic acids is 1. The molecule has 72 valence electrons. The van der Waals surface area contributed by atoms with Gasteiger partial charge in [-0.2, -0.15) is 4.98 Å². The van der Waals surface area contributed by atoms with Crippen LogP contribution in [0.5, 0.6) is 0 Å². The minimum absolute atomic E-state index is 0.0511. The number of rotatable bonds is 3. The molecule has 0 amide bonds. The van der Waals surface area contributed by atoms with Crippen molar-refractivity contribution in [3.63, 3.8) is 0 Å². The molecule has 4 N–H and O–H groups in total. The monoisotopic (exact) mass is 184 g/mol. The van der Waals surface area contributed by atoms with Crippen LogP contribution in [0.2, 0.25) is 0 Å². The maximum absolute atomic E-state index is 10.8. The van der Waals surface area contributed by atoms with E-state index >= 15 is 0 Å². The fraction of sp³-hybridized carbons (Fsp3) is 0.571. The minimum atomic E-state index is -0.925. The molecule has 1 aromatic rings. The van der Waals surface area contributed by atoms with E-state index in [0.717, 1.165) is 0 Å². The Kier molecular flexibility index (Phi) is 2.50. The Hall–Kier alpha value is -1.59. The number of carboxylic acid groups (broad SMARTS) is 1. The number of nitrogens with two attached hydrogens (primary N) is 1. The maximum Gasteiger partial charge on any atom is 0.314 e. The van der Waals surface area contributed by atoms with Crippen LogP contribution in [0.25, 0.3) is 0 Å². The van der Waals surface area contributed by atoms with Crippen molar-refractivity contribution in [3.05, 3.63) is 5.82 Å². The second-order valence-corrected chi connectivity index (χ2v) is 3.14. The third-order valence-electron chi connectivity index (χ3n) is 1.75. The number of hydrogen-bond acceptors (Lipinski definition) is 4. The Morgan fingerprint density at radius 1 is 1.62 bits per heavy atom. The zero-order valence-electron chi connectivity index (χ0n) is 7.48. The van der Waals surface area contributed by atoms with Gasteiger partial charge in [0.05, 0.1) is 0 Å². The molecule has 0 spiro atoms. The molecule has 0 aliphatic rings. The third-order valence-corrected chi connectivity index (χ3v) is 1.75. The first-order chi connectivity index (χ1) is 6.02. The second-order valence-electron chi connectivity index (χ2n) is 3.14. The molecule has 0 bridgehead atoms. The van der Waals surface area contributed by atoms with Crippen LogP contribution in [0, 0.1) is 5.92 Å². The highest BCUT2D eigenvalue weighted by Gasteiger charge is 2.26. The van der Waals surface area contributed by atoms with Crippen LogP contribution in [0.3, 0.4) is 0 Å². The molecule has 1 heterocycles. The van der Waals surface area contributed by atoms with Gasteiger partial charge in [0.25, 0.3) is 0 Å². The molecule has 0 aliphatic heterocycles. The molecule has 6 nitrogen and oxygen atoms in total. The number of aromatic nitrogens is 3. The molecule has 1 unspecified atom stereocenters. The summed E-state index contributed by atoms with van der Waals surface area (Å²) < 4.78 is 0.